The molecule has 2 N–H and O–H groups in total. The van der Waals surface area contributed by atoms with E-state index in [0.717, 1.165) is 49.4 Å². The molecule has 0 radical (unpaired) electrons. The summed E-state index contributed by atoms with van der Waals surface area (Å²) in [6, 6.07) is 13.8. The maximum atomic E-state index is 12.6. The molecule has 2 heterocycles. The first-order valence-corrected chi connectivity index (χ1v) is 10.6. The van der Waals surface area contributed by atoms with E-state index in [1.54, 1.807) is 0 Å². The lowest BCUT2D eigenvalue weighted by atomic mass is 9.98. The Hall–Kier alpha value is -2.63. The number of aliphatic hydroxyl groups is 1. The van der Waals surface area contributed by atoms with Crippen molar-refractivity contribution in [1.82, 2.24) is 9.88 Å². The Morgan fingerprint density at radius 2 is 1.97 bits per heavy atom. The van der Waals surface area contributed by atoms with Gasteiger partial charge in [0.05, 0.1) is 11.3 Å². The number of ether oxygens (including phenoxy) is 1. The van der Waals surface area contributed by atoms with Crippen LogP contribution in [0, 0.1) is 6.92 Å². The summed E-state index contributed by atoms with van der Waals surface area (Å²) in [5.41, 5.74) is 4.42. The lowest BCUT2D eigenvalue weighted by Gasteiger charge is -2.31. The quantitative estimate of drug-likeness (QED) is 0.651. The normalized spacial score (nSPS) is 14.7. The molecule has 0 bridgehead atoms. The van der Waals surface area contributed by atoms with Crippen LogP contribution in [-0.2, 0) is 19.6 Å². The van der Waals surface area contributed by atoms with Crippen molar-refractivity contribution in [3.63, 3.8) is 0 Å². The number of aromatic nitrogens is 1. The topological polar surface area (TPSA) is 65.6 Å². The molecule has 0 unspecified atom stereocenters. The highest BCUT2D eigenvalue weighted by molar-refractivity contribution is 5.79. The second-order valence-electron chi connectivity index (χ2n) is 8.91. The summed E-state index contributed by atoms with van der Waals surface area (Å²) in [6.45, 7) is 8.70. The molecule has 1 aromatic heterocycles. The number of pyridine rings is 1. The van der Waals surface area contributed by atoms with Gasteiger partial charge in [0.15, 0.2) is 5.43 Å². The summed E-state index contributed by atoms with van der Waals surface area (Å²) < 4.78 is 6.05. The van der Waals surface area contributed by atoms with Gasteiger partial charge in [0.25, 0.3) is 0 Å². The summed E-state index contributed by atoms with van der Waals surface area (Å²) in [4.78, 5) is 18.3. The van der Waals surface area contributed by atoms with Crippen molar-refractivity contribution in [3.05, 3.63) is 75.1 Å². The number of H-pyrrole nitrogens is 1. The number of aromatic amines is 1. The van der Waals surface area contributed by atoms with Gasteiger partial charge in [-0.3, -0.25) is 9.69 Å². The summed E-state index contributed by atoms with van der Waals surface area (Å²) in [7, 11) is 0. The Morgan fingerprint density at radius 3 is 2.77 bits per heavy atom. The number of rotatable bonds is 6. The molecular formula is C25H30N2O3. The molecule has 158 valence electrons. The summed E-state index contributed by atoms with van der Waals surface area (Å²) in [5.74, 6) is 0.826. The number of hydrogen-bond acceptors (Lipinski definition) is 4. The number of nitrogens with one attached hydrogen (secondary N) is 1. The minimum absolute atomic E-state index is 0.0551. The van der Waals surface area contributed by atoms with Crippen molar-refractivity contribution < 1.29 is 9.84 Å². The van der Waals surface area contributed by atoms with E-state index in [2.05, 4.69) is 22.0 Å². The molecule has 3 aromatic rings. The van der Waals surface area contributed by atoms with Crippen LogP contribution in [0.3, 0.4) is 0 Å². The van der Waals surface area contributed by atoms with E-state index >= 15 is 0 Å². The lowest BCUT2D eigenvalue weighted by molar-refractivity contribution is 0.0558. The molecule has 0 saturated carbocycles. The SMILES string of the molecule is Cc1c(COc2ccc3c(c2)CCN(CCC(C)(C)O)C3)[nH]c2ccccc2c1=O. The molecule has 1 aliphatic rings. The van der Waals surface area contributed by atoms with Crippen LogP contribution in [0.1, 0.15) is 42.7 Å². The van der Waals surface area contributed by atoms with Gasteiger partial charge in [-0.25, -0.2) is 0 Å². The van der Waals surface area contributed by atoms with Gasteiger partial charge >= 0.3 is 0 Å². The molecule has 0 atom stereocenters. The van der Waals surface area contributed by atoms with Gasteiger partial charge in [0, 0.05) is 36.1 Å². The van der Waals surface area contributed by atoms with E-state index in [1.165, 1.54) is 11.1 Å². The molecule has 0 fully saturated rings. The third kappa shape index (κ3) is 4.58. The molecule has 0 amide bonds. The predicted molar refractivity (Wildman–Crippen MR) is 120 cm³/mol. The van der Waals surface area contributed by atoms with E-state index in [-0.39, 0.29) is 5.43 Å². The molecule has 0 saturated heterocycles. The second kappa shape index (κ2) is 8.25. The van der Waals surface area contributed by atoms with Crippen molar-refractivity contribution >= 4 is 10.9 Å². The van der Waals surface area contributed by atoms with Crippen LogP contribution in [0.25, 0.3) is 10.9 Å². The van der Waals surface area contributed by atoms with E-state index in [1.807, 2.05) is 51.1 Å². The minimum Gasteiger partial charge on any atom is -0.487 e. The number of nitrogens with zero attached hydrogens (tertiary/aromatic N) is 1. The van der Waals surface area contributed by atoms with Crippen molar-refractivity contribution in [2.24, 2.45) is 0 Å². The molecule has 4 rings (SSSR count). The van der Waals surface area contributed by atoms with Crippen LogP contribution in [-0.4, -0.2) is 33.7 Å². The van der Waals surface area contributed by atoms with Gasteiger partial charge in [-0.05, 0) is 69.0 Å². The van der Waals surface area contributed by atoms with Gasteiger partial charge in [0.1, 0.15) is 12.4 Å². The monoisotopic (exact) mass is 406 g/mol. The van der Waals surface area contributed by atoms with Gasteiger partial charge in [-0.2, -0.15) is 0 Å². The molecule has 5 heteroatoms. The first-order chi connectivity index (χ1) is 14.3. The first kappa shape index (κ1) is 20.6. The molecule has 5 nitrogen and oxygen atoms in total. The van der Waals surface area contributed by atoms with E-state index in [0.29, 0.717) is 17.6 Å². The molecule has 1 aliphatic heterocycles. The number of para-hydroxylation sites is 1. The number of fused-ring (bicyclic) bond motifs is 2. The van der Waals surface area contributed by atoms with Gasteiger partial charge in [-0.15, -0.1) is 0 Å². The summed E-state index contributed by atoms with van der Waals surface area (Å²) >= 11 is 0. The Morgan fingerprint density at radius 1 is 1.17 bits per heavy atom. The van der Waals surface area contributed by atoms with Crippen LogP contribution < -0.4 is 10.2 Å². The van der Waals surface area contributed by atoms with Crippen LogP contribution in [0.2, 0.25) is 0 Å². The molecule has 2 aromatic carbocycles. The lowest BCUT2D eigenvalue weighted by Crippen LogP contribution is -2.35. The zero-order valence-electron chi connectivity index (χ0n) is 18.0. The van der Waals surface area contributed by atoms with Crippen LogP contribution >= 0.6 is 0 Å². The first-order valence-electron chi connectivity index (χ1n) is 10.6. The van der Waals surface area contributed by atoms with Crippen molar-refractivity contribution in [2.75, 3.05) is 13.1 Å². The third-order valence-electron chi connectivity index (χ3n) is 5.94. The predicted octanol–water partition coefficient (Wildman–Crippen LogP) is 3.93. The fourth-order valence-corrected chi connectivity index (χ4v) is 3.99. The fourth-order valence-electron chi connectivity index (χ4n) is 3.99. The maximum Gasteiger partial charge on any atom is 0.192 e. The Balaban J connectivity index is 1.44. The average molecular weight is 407 g/mol. The fraction of sp³-hybridized carbons (Fsp3) is 0.400. The Kier molecular flexibility index (Phi) is 5.67. The van der Waals surface area contributed by atoms with Crippen molar-refractivity contribution in [3.8, 4) is 5.75 Å². The van der Waals surface area contributed by atoms with Gasteiger partial charge in [-0.1, -0.05) is 18.2 Å². The number of benzene rings is 2. The largest absolute Gasteiger partial charge is 0.487 e. The molecule has 0 aliphatic carbocycles. The highest BCUT2D eigenvalue weighted by Gasteiger charge is 2.20. The molecular weight excluding hydrogens is 376 g/mol. The van der Waals surface area contributed by atoms with E-state index in [4.69, 9.17) is 4.74 Å². The van der Waals surface area contributed by atoms with Crippen LogP contribution in [0.4, 0.5) is 0 Å². The Bertz CT molecular complexity index is 1110. The number of hydrogen-bond donors (Lipinski definition) is 2. The second-order valence-corrected chi connectivity index (χ2v) is 8.91. The summed E-state index contributed by atoms with van der Waals surface area (Å²) in [6.07, 6.45) is 1.75. The Labute approximate surface area is 177 Å². The minimum atomic E-state index is -0.625. The highest BCUT2D eigenvalue weighted by atomic mass is 16.5. The zero-order chi connectivity index (χ0) is 21.3. The zero-order valence-corrected chi connectivity index (χ0v) is 18.0. The molecule has 30 heavy (non-hydrogen) atoms. The van der Waals surface area contributed by atoms with Gasteiger partial charge in [0.2, 0.25) is 0 Å². The van der Waals surface area contributed by atoms with Crippen molar-refractivity contribution in [1.29, 1.82) is 0 Å². The van der Waals surface area contributed by atoms with Gasteiger partial charge < -0.3 is 14.8 Å². The van der Waals surface area contributed by atoms with E-state index in [9.17, 15) is 9.90 Å². The smallest absolute Gasteiger partial charge is 0.192 e. The summed E-state index contributed by atoms with van der Waals surface area (Å²) in [5, 5.41) is 10.7. The van der Waals surface area contributed by atoms with Crippen LogP contribution in [0.5, 0.6) is 5.75 Å². The standard InChI is InChI=1S/C25H30N2O3/c1-17-23(26-22-7-5-4-6-21(22)24(17)28)16-30-20-9-8-19-15-27(12-10-18(19)14-20)13-11-25(2,3)29/h4-9,14,29H,10-13,15-16H2,1-3H3,(H,26,28). The third-order valence-corrected chi connectivity index (χ3v) is 5.94. The maximum absolute atomic E-state index is 12.6. The van der Waals surface area contributed by atoms with Crippen molar-refractivity contribution in [2.45, 2.75) is 52.4 Å². The van der Waals surface area contributed by atoms with Crippen LogP contribution in [0.15, 0.2) is 47.3 Å². The molecule has 0 spiro atoms. The highest BCUT2D eigenvalue weighted by Crippen LogP contribution is 2.25. The average Bonchev–Trinajstić information content (AvgIpc) is 2.73. The van der Waals surface area contributed by atoms with E-state index < -0.39 is 5.60 Å².